The Morgan fingerprint density at radius 2 is 2.30 bits per heavy atom. The van der Waals surface area contributed by atoms with Crippen molar-refractivity contribution < 1.29 is 20.1 Å². The highest BCUT2D eigenvalue weighted by atomic mass is 16.6. The zero-order chi connectivity index (χ0) is 7.61. The van der Waals surface area contributed by atoms with Gasteiger partial charge < -0.3 is 20.1 Å². The van der Waals surface area contributed by atoms with Gasteiger partial charge >= 0.3 is 0 Å². The van der Waals surface area contributed by atoms with Crippen molar-refractivity contribution in [3.8, 4) is 0 Å². The van der Waals surface area contributed by atoms with Gasteiger partial charge in [-0.2, -0.15) is 0 Å². The van der Waals surface area contributed by atoms with E-state index in [4.69, 9.17) is 14.9 Å². The van der Waals surface area contributed by atoms with Crippen LogP contribution in [0.15, 0.2) is 0 Å². The highest BCUT2D eigenvalue weighted by Gasteiger charge is 2.38. The van der Waals surface area contributed by atoms with E-state index in [1.807, 2.05) is 0 Å². The molecule has 4 nitrogen and oxygen atoms in total. The average Bonchev–Trinajstić information content (AvgIpc) is 1.96. The number of hydrogen-bond donors (Lipinski definition) is 3. The monoisotopic (exact) mass is 148 g/mol. The van der Waals surface area contributed by atoms with Gasteiger partial charge in [0.2, 0.25) is 5.79 Å². The third-order valence-electron chi connectivity index (χ3n) is 1.72. The van der Waals surface area contributed by atoms with Gasteiger partial charge in [0.25, 0.3) is 0 Å². The van der Waals surface area contributed by atoms with Gasteiger partial charge in [0.05, 0.1) is 13.2 Å². The lowest BCUT2D eigenvalue weighted by Gasteiger charge is -2.34. The number of ether oxygens (including phenoxy) is 1. The molecule has 1 saturated heterocycles. The molecule has 4 heteroatoms. The molecular formula is C6H12O4. The molecule has 0 saturated carbocycles. The standard InChI is InChI=1S/C6H12O4/c7-4-6(9)5(8)2-1-3-10-6/h5,7-9H,1-4H2. The topological polar surface area (TPSA) is 69.9 Å². The third kappa shape index (κ3) is 1.29. The van der Waals surface area contributed by atoms with Crippen molar-refractivity contribution in [3.05, 3.63) is 0 Å². The number of hydrogen-bond acceptors (Lipinski definition) is 4. The first-order chi connectivity index (χ1) is 4.69. The second kappa shape index (κ2) is 2.84. The van der Waals surface area contributed by atoms with Gasteiger partial charge in [-0.25, -0.2) is 0 Å². The predicted octanol–water partition coefficient (Wildman–Crippen LogP) is -1.16. The predicted molar refractivity (Wildman–Crippen MR) is 33.2 cm³/mol. The van der Waals surface area contributed by atoms with Crippen LogP contribution in [0.1, 0.15) is 12.8 Å². The molecule has 0 aliphatic carbocycles. The Kier molecular flexibility index (Phi) is 2.25. The smallest absolute Gasteiger partial charge is 0.215 e. The number of aliphatic hydroxyl groups is 3. The van der Waals surface area contributed by atoms with Crippen LogP contribution in [0.4, 0.5) is 0 Å². The second-order valence-corrected chi connectivity index (χ2v) is 2.51. The first-order valence-electron chi connectivity index (χ1n) is 3.34. The summed E-state index contributed by atoms with van der Waals surface area (Å²) in [6.45, 7) is -0.151. The number of rotatable bonds is 1. The Morgan fingerprint density at radius 3 is 2.70 bits per heavy atom. The van der Waals surface area contributed by atoms with E-state index in [1.54, 1.807) is 0 Å². The molecule has 2 unspecified atom stereocenters. The average molecular weight is 148 g/mol. The molecular weight excluding hydrogens is 136 g/mol. The largest absolute Gasteiger partial charge is 0.391 e. The lowest BCUT2D eigenvalue weighted by atomic mass is 10.0. The van der Waals surface area contributed by atoms with E-state index in [2.05, 4.69) is 0 Å². The summed E-state index contributed by atoms with van der Waals surface area (Å²) in [7, 11) is 0. The van der Waals surface area contributed by atoms with Crippen molar-refractivity contribution in [2.45, 2.75) is 24.7 Å². The zero-order valence-electron chi connectivity index (χ0n) is 5.66. The quantitative estimate of drug-likeness (QED) is 0.438. The van der Waals surface area contributed by atoms with Gasteiger partial charge in [-0.3, -0.25) is 0 Å². The van der Waals surface area contributed by atoms with Crippen molar-refractivity contribution in [2.24, 2.45) is 0 Å². The van der Waals surface area contributed by atoms with Gasteiger partial charge in [-0.15, -0.1) is 0 Å². The highest BCUT2D eigenvalue weighted by molar-refractivity contribution is 4.79. The van der Waals surface area contributed by atoms with Gasteiger partial charge in [0.15, 0.2) is 0 Å². The SMILES string of the molecule is OCC1(O)OCCCC1O. The van der Waals surface area contributed by atoms with Crippen LogP contribution < -0.4 is 0 Å². The van der Waals surface area contributed by atoms with E-state index in [0.29, 0.717) is 13.0 Å². The summed E-state index contributed by atoms with van der Waals surface area (Å²) in [5.41, 5.74) is 0. The molecule has 0 aromatic heterocycles. The van der Waals surface area contributed by atoms with E-state index in [9.17, 15) is 5.11 Å². The molecule has 1 rings (SSSR count). The van der Waals surface area contributed by atoms with Crippen molar-refractivity contribution in [3.63, 3.8) is 0 Å². The fourth-order valence-electron chi connectivity index (χ4n) is 0.998. The van der Waals surface area contributed by atoms with Crippen LogP contribution in [-0.4, -0.2) is 40.4 Å². The minimum atomic E-state index is -1.71. The fraction of sp³-hybridized carbons (Fsp3) is 1.00. The lowest BCUT2D eigenvalue weighted by Crippen LogP contribution is -2.51. The Bertz CT molecular complexity index is 116. The molecule has 0 amide bonds. The normalized spacial score (nSPS) is 41.7. The van der Waals surface area contributed by atoms with Crippen LogP contribution in [0.25, 0.3) is 0 Å². The van der Waals surface area contributed by atoms with Gasteiger partial charge in [0, 0.05) is 0 Å². The molecule has 0 radical (unpaired) electrons. The summed E-state index contributed by atoms with van der Waals surface area (Å²) in [6.07, 6.45) is 0.256. The van der Waals surface area contributed by atoms with E-state index >= 15 is 0 Å². The van der Waals surface area contributed by atoms with Crippen molar-refractivity contribution in [1.29, 1.82) is 0 Å². The van der Waals surface area contributed by atoms with Gasteiger partial charge in [-0.1, -0.05) is 0 Å². The molecule has 0 spiro atoms. The van der Waals surface area contributed by atoms with E-state index in [1.165, 1.54) is 0 Å². The van der Waals surface area contributed by atoms with Crippen LogP contribution in [-0.2, 0) is 4.74 Å². The van der Waals surface area contributed by atoms with Crippen molar-refractivity contribution in [2.75, 3.05) is 13.2 Å². The maximum atomic E-state index is 9.23. The molecule has 60 valence electrons. The first-order valence-corrected chi connectivity index (χ1v) is 3.34. The number of aliphatic hydroxyl groups excluding tert-OH is 2. The molecule has 0 bridgehead atoms. The summed E-state index contributed by atoms with van der Waals surface area (Å²) >= 11 is 0. The molecule has 10 heavy (non-hydrogen) atoms. The molecule has 0 aromatic rings. The van der Waals surface area contributed by atoms with E-state index < -0.39 is 18.5 Å². The Hall–Kier alpha value is -0.160. The van der Waals surface area contributed by atoms with Crippen LogP contribution >= 0.6 is 0 Å². The molecule has 1 aliphatic rings. The highest BCUT2D eigenvalue weighted by Crippen LogP contribution is 2.21. The second-order valence-electron chi connectivity index (χ2n) is 2.51. The van der Waals surface area contributed by atoms with E-state index in [0.717, 1.165) is 6.42 Å². The maximum absolute atomic E-state index is 9.23. The van der Waals surface area contributed by atoms with Crippen molar-refractivity contribution in [1.82, 2.24) is 0 Å². The Labute approximate surface area is 59.1 Å². The Balaban J connectivity index is 2.54. The summed E-state index contributed by atoms with van der Waals surface area (Å²) in [5.74, 6) is -1.71. The zero-order valence-corrected chi connectivity index (χ0v) is 5.66. The van der Waals surface area contributed by atoms with Crippen LogP contribution in [0.2, 0.25) is 0 Å². The first kappa shape index (κ1) is 7.94. The maximum Gasteiger partial charge on any atom is 0.215 e. The van der Waals surface area contributed by atoms with Crippen LogP contribution in [0.5, 0.6) is 0 Å². The molecule has 1 heterocycles. The summed E-state index contributed by atoms with van der Waals surface area (Å²) < 4.78 is 4.78. The molecule has 0 aromatic carbocycles. The molecule has 3 N–H and O–H groups in total. The molecule has 1 fully saturated rings. The lowest BCUT2D eigenvalue weighted by molar-refractivity contribution is -0.290. The summed E-state index contributed by atoms with van der Waals surface area (Å²) in [4.78, 5) is 0. The molecule has 2 atom stereocenters. The van der Waals surface area contributed by atoms with E-state index in [-0.39, 0.29) is 0 Å². The minimum Gasteiger partial charge on any atom is -0.391 e. The van der Waals surface area contributed by atoms with Crippen LogP contribution in [0.3, 0.4) is 0 Å². The van der Waals surface area contributed by atoms with Gasteiger partial charge in [-0.05, 0) is 12.8 Å². The van der Waals surface area contributed by atoms with Crippen LogP contribution in [0, 0.1) is 0 Å². The Morgan fingerprint density at radius 1 is 1.60 bits per heavy atom. The fourth-order valence-corrected chi connectivity index (χ4v) is 0.998. The summed E-state index contributed by atoms with van der Waals surface area (Å²) in [6, 6.07) is 0. The third-order valence-corrected chi connectivity index (χ3v) is 1.72. The minimum absolute atomic E-state index is 0.397. The van der Waals surface area contributed by atoms with Gasteiger partial charge in [0.1, 0.15) is 6.10 Å². The summed E-state index contributed by atoms with van der Waals surface area (Å²) in [5, 5.41) is 26.9. The molecule has 1 aliphatic heterocycles. The van der Waals surface area contributed by atoms with Crippen molar-refractivity contribution >= 4 is 0 Å².